The largest absolute Gasteiger partial charge is 0.496 e. The Hall–Kier alpha value is -2.74. The molecule has 0 atom stereocenters. The number of aryl methyl sites for hydroxylation is 2. The van der Waals surface area contributed by atoms with E-state index in [1.807, 2.05) is 24.3 Å². The van der Waals surface area contributed by atoms with Crippen molar-refractivity contribution in [3.05, 3.63) is 83.9 Å². The molecule has 0 heterocycles. The van der Waals surface area contributed by atoms with E-state index in [1.165, 1.54) is 11.1 Å². The van der Waals surface area contributed by atoms with Crippen LogP contribution in [0, 0.1) is 0 Å². The minimum absolute atomic E-state index is 0.851. The van der Waals surface area contributed by atoms with E-state index in [2.05, 4.69) is 48.5 Å². The molecule has 0 aliphatic rings. The third kappa shape index (κ3) is 3.60. The van der Waals surface area contributed by atoms with Crippen molar-refractivity contribution in [2.45, 2.75) is 12.8 Å². The zero-order chi connectivity index (χ0) is 16.8. The van der Waals surface area contributed by atoms with Crippen LogP contribution in [0.3, 0.4) is 0 Å². The molecule has 122 valence electrons. The normalized spacial score (nSPS) is 10.4. The summed E-state index contributed by atoms with van der Waals surface area (Å²) in [7, 11) is 3.42. The number of ether oxygens (including phenoxy) is 2. The summed E-state index contributed by atoms with van der Waals surface area (Å²) in [5.41, 5.74) is 4.65. The molecular formula is C22H22O2. The Morgan fingerprint density at radius 2 is 1.12 bits per heavy atom. The fraction of sp³-hybridized carbons (Fsp3) is 0.182. The number of rotatable bonds is 6. The van der Waals surface area contributed by atoms with Crippen LogP contribution in [0.25, 0.3) is 11.1 Å². The zero-order valence-corrected chi connectivity index (χ0v) is 14.2. The quantitative estimate of drug-likeness (QED) is 0.625. The first-order valence-corrected chi connectivity index (χ1v) is 8.16. The van der Waals surface area contributed by atoms with E-state index in [4.69, 9.17) is 9.47 Å². The van der Waals surface area contributed by atoms with Crippen molar-refractivity contribution >= 4 is 0 Å². The monoisotopic (exact) mass is 318 g/mol. The summed E-state index contributed by atoms with van der Waals surface area (Å²) >= 11 is 0. The lowest BCUT2D eigenvalue weighted by molar-refractivity contribution is 0.396. The minimum atomic E-state index is 0.851. The first kappa shape index (κ1) is 16.1. The van der Waals surface area contributed by atoms with E-state index < -0.39 is 0 Å². The third-order valence-corrected chi connectivity index (χ3v) is 4.17. The van der Waals surface area contributed by atoms with Gasteiger partial charge >= 0.3 is 0 Å². The van der Waals surface area contributed by atoms with Gasteiger partial charge in [0.1, 0.15) is 11.5 Å². The van der Waals surface area contributed by atoms with Gasteiger partial charge in [-0.25, -0.2) is 0 Å². The summed E-state index contributed by atoms with van der Waals surface area (Å²) in [5.74, 6) is 1.70. The molecule has 0 spiro atoms. The molecule has 0 N–H and O–H groups in total. The fourth-order valence-corrected chi connectivity index (χ4v) is 2.93. The van der Waals surface area contributed by atoms with Gasteiger partial charge in [0, 0.05) is 0 Å². The van der Waals surface area contributed by atoms with Crippen LogP contribution < -0.4 is 9.47 Å². The first-order valence-electron chi connectivity index (χ1n) is 8.16. The van der Waals surface area contributed by atoms with Crippen LogP contribution in [-0.4, -0.2) is 14.2 Å². The smallest absolute Gasteiger partial charge is 0.130 e. The van der Waals surface area contributed by atoms with Gasteiger partial charge in [0.2, 0.25) is 0 Å². The van der Waals surface area contributed by atoms with Crippen molar-refractivity contribution < 1.29 is 9.47 Å². The van der Waals surface area contributed by atoms with E-state index in [0.29, 0.717) is 0 Å². The Kier molecular flexibility index (Phi) is 5.17. The van der Waals surface area contributed by atoms with Gasteiger partial charge in [-0.1, -0.05) is 60.7 Å². The second-order valence-electron chi connectivity index (χ2n) is 5.73. The van der Waals surface area contributed by atoms with Crippen LogP contribution in [0.2, 0.25) is 0 Å². The highest BCUT2D eigenvalue weighted by Crippen LogP contribution is 2.39. The van der Waals surface area contributed by atoms with Crippen LogP contribution in [-0.2, 0) is 12.8 Å². The van der Waals surface area contributed by atoms with Crippen LogP contribution in [0.4, 0.5) is 0 Å². The van der Waals surface area contributed by atoms with Crippen molar-refractivity contribution in [1.82, 2.24) is 0 Å². The molecule has 0 radical (unpaired) electrons. The van der Waals surface area contributed by atoms with Gasteiger partial charge in [0.15, 0.2) is 0 Å². The second-order valence-corrected chi connectivity index (χ2v) is 5.73. The van der Waals surface area contributed by atoms with Crippen LogP contribution in [0.15, 0.2) is 72.8 Å². The van der Waals surface area contributed by atoms with Crippen molar-refractivity contribution in [2.75, 3.05) is 14.2 Å². The highest BCUT2D eigenvalue weighted by molar-refractivity contribution is 5.77. The van der Waals surface area contributed by atoms with Crippen molar-refractivity contribution in [3.63, 3.8) is 0 Å². The Balaban J connectivity index is 1.93. The predicted octanol–water partition coefficient (Wildman–Crippen LogP) is 5.16. The molecule has 0 aliphatic heterocycles. The maximum Gasteiger partial charge on any atom is 0.130 e. The first-order chi connectivity index (χ1) is 11.8. The van der Waals surface area contributed by atoms with E-state index in [1.54, 1.807) is 14.2 Å². The summed E-state index contributed by atoms with van der Waals surface area (Å²) < 4.78 is 11.3. The molecule has 0 fully saturated rings. The molecular weight excluding hydrogens is 296 g/mol. The third-order valence-electron chi connectivity index (χ3n) is 4.17. The lowest BCUT2D eigenvalue weighted by Crippen LogP contribution is -1.98. The molecule has 3 aromatic carbocycles. The van der Waals surface area contributed by atoms with Gasteiger partial charge in [0.05, 0.1) is 19.8 Å². The molecule has 3 aromatic rings. The zero-order valence-electron chi connectivity index (χ0n) is 14.2. The van der Waals surface area contributed by atoms with Crippen molar-refractivity contribution in [1.29, 1.82) is 0 Å². The molecule has 0 bridgehead atoms. The highest BCUT2D eigenvalue weighted by atomic mass is 16.5. The second kappa shape index (κ2) is 7.69. The molecule has 2 nitrogen and oxygen atoms in total. The average Bonchev–Trinajstić information content (AvgIpc) is 2.67. The SMILES string of the molecule is COc1cc(CCc2ccccc2)cc(OC)c1-c1ccccc1. The number of benzene rings is 3. The Labute approximate surface area is 143 Å². The Morgan fingerprint density at radius 3 is 1.67 bits per heavy atom. The molecule has 0 aromatic heterocycles. The Bertz CT molecular complexity index is 755. The number of methoxy groups -OCH3 is 2. The molecule has 24 heavy (non-hydrogen) atoms. The van der Waals surface area contributed by atoms with E-state index >= 15 is 0 Å². The lowest BCUT2D eigenvalue weighted by Gasteiger charge is -2.16. The number of hydrogen-bond acceptors (Lipinski definition) is 2. The topological polar surface area (TPSA) is 18.5 Å². The summed E-state index contributed by atoms with van der Waals surface area (Å²) in [4.78, 5) is 0. The molecule has 3 rings (SSSR count). The standard InChI is InChI=1S/C22H22O2/c1-23-20-15-18(14-13-17-9-5-3-6-10-17)16-21(24-2)22(20)19-11-7-4-8-12-19/h3-12,15-16H,13-14H2,1-2H3. The van der Waals surface area contributed by atoms with Gasteiger partial charge in [-0.2, -0.15) is 0 Å². The summed E-state index contributed by atoms with van der Waals surface area (Å²) in [5, 5.41) is 0. The fourth-order valence-electron chi connectivity index (χ4n) is 2.93. The summed E-state index contributed by atoms with van der Waals surface area (Å²) in [6, 6.07) is 25.0. The molecule has 0 amide bonds. The molecule has 0 unspecified atom stereocenters. The molecule has 0 aliphatic carbocycles. The summed E-state index contributed by atoms with van der Waals surface area (Å²) in [6.45, 7) is 0. The molecule has 0 saturated heterocycles. The maximum atomic E-state index is 5.65. The van der Waals surface area contributed by atoms with Gasteiger partial charge in [-0.3, -0.25) is 0 Å². The van der Waals surface area contributed by atoms with E-state index in [9.17, 15) is 0 Å². The van der Waals surface area contributed by atoms with Crippen LogP contribution in [0.5, 0.6) is 11.5 Å². The van der Waals surface area contributed by atoms with Gasteiger partial charge in [-0.05, 0) is 41.7 Å². The summed E-state index contributed by atoms with van der Waals surface area (Å²) in [6.07, 6.45) is 1.95. The van der Waals surface area contributed by atoms with Crippen LogP contribution in [0.1, 0.15) is 11.1 Å². The van der Waals surface area contributed by atoms with Crippen LogP contribution >= 0.6 is 0 Å². The average molecular weight is 318 g/mol. The molecule has 2 heteroatoms. The van der Waals surface area contributed by atoms with Gasteiger partial charge < -0.3 is 9.47 Å². The van der Waals surface area contributed by atoms with Gasteiger partial charge in [-0.15, -0.1) is 0 Å². The number of hydrogen-bond donors (Lipinski definition) is 0. The maximum absolute atomic E-state index is 5.65. The van der Waals surface area contributed by atoms with Crippen molar-refractivity contribution in [2.24, 2.45) is 0 Å². The predicted molar refractivity (Wildman–Crippen MR) is 98.8 cm³/mol. The highest BCUT2D eigenvalue weighted by Gasteiger charge is 2.14. The van der Waals surface area contributed by atoms with E-state index in [0.717, 1.165) is 35.5 Å². The minimum Gasteiger partial charge on any atom is -0.496 e. The van der Waals surface area contributed by atoms with E-state index in [-0.39, 0.29) is 0 Å². The van der Waals surface area contributed by atoms with Crippen molar-refractivity contribution in [3.8, 4) is 22.6 Å². The Morgan fingerprint density at radius 1 is 0.625 bits per heavy atom. The lowest BCUT2D eigenvalue weighted by atomic mass is 9.98. The molecule has 0 saturated carbocycles. The van der Waals surface area contributed by atoms with Gasteiger partial charge in [0.25, 0.3) is 0 Å².